The summed E-state index contributed by atoms with van der Waals surface area (Å²) in [4.78, 5) is 25.1. The van der Waals surface area contributed by atoms with Crippen LogP contribution in [0, 0.1) is 0 Å². The Morgan fingerprint density at radius 1 is 1.45 bits per heavy atom. The van der Waals surface area contributed by atoms with Gasteiger partial charge in [-0.15, -0.1) is 0 Å². The molecular weight excluding hydrogens is 258 g/mol. The van der Waals surface area contributed by atoms with E-state index in [4.69, 9.17) is 5.73 Å². The minimum atomic E-state index is -0.486. The van der Waals surface area contributed by atoms with E-state index < -0.39 is 5.97 Å². The third-order valence-electron chi connectivity index (χ3n) is 3.21. The molecular formula is C14H19N3O3. The maximum absolute atomic E-state index is 11.8. The van der Waals surface area contributed by atoms with E-state index in [0.717, 1.165) is 18.5 Å². The predicted molar refractivity (Wildman–Crippen MR) is 76.6 cm³/mol. The molecule has 0 heterocycles. The number of carbonyl (C=O) groups is 2. The van der Waals surface area contributed by atoms with E-state index in [9.17, 15) is 9.59 Å². The normalized spacial score (nSPS) is 13.7. The molecule has 1 aromatic carbocycles. The fourth-order valence-electron chi connectivity index (χ4n) is 1.88. The lowest BCUT2D eigenvalue weighted by atomic mass is 10.1. The summed E-state index contributed by atoms with van der Waals surface area (Å²) in [6.45, 7) is 0.237. The van der Waals surface area contributed by atoms with Gasteiger partial charge < -0.3 is 20.7 Å². The third kappa shape index (κ3) is 3.40. The largest absolute Gasteiger partial charge is 0.465 e. The highest BCUT2D eigenvalue weighted by Gasteiger charge is 2.23. The van der Waals surface area contributed by atoms with Gasteiger partial charge in [-0.25, -0.2) is 4.79 Å². The quantitative estimate of drug-likeness (QED) is 0.613. The van der Waals surface area contributed by atoms with E-state index >= 15 is 0 Å². The summed E-state index contributed by atoms with van der Waals surface area (Å²) in [5.74, 6) is -0.508. The van der Waals surface area contributed by atoms with Gasteiger partial charge in [-0.2, -0.15) is 0 Å². The van der Waals surface area contributed by atoms with Crippen LogP contribution in [0.15, 0.2) is 18.2 Å². The Bertz CT molecular complexity index is 526. The Labute approximate surface area is 117 Å². The summed E-state index contributed by atoms with van der Waals surface area (Å²) in [7, 11) is 3.10. The Morgan fingerprint density at radius 2 is 2.15 bits per heavy atom. The molecule has 2 rings (SSSR count). The van der Waals surface area contributed by atoms with Crippen LogP contribution in [0.5, 0.6) is 0 Å². The van der Waals surface area contributed by atoms with Crippen molar-refractivity contribution < 1.29 is 14.3 Å². The van der Waals surface area contributed by atoms with Crippen LogP contribution < -0.4 is 16.0 Å². The molecule has 1 fully saturated rings. The second kappa shape index (κ2) is 5.81. The number of carbonyl (C=O) groups excluding carboxylic acids is 2. The van der Waals surface area contributed by atoms with Gasteiger partial charge in [0.25, 0.3) is 0 Å². The van der Waals surface area contributed by atoms with Gasteiger partial charge in [-0.3, -0.25) is 4.79 Å². The molecule has 0 atom stereocenters. The Hall–Kier alpha value is -2.24. The molecule has 1 aliphatic rings. The highest BCUT2D eigenvalue weighted by molar-refractivity contribution is 5.96. The minimum Gasteiger partial charge on any atom is -0.465 e. The van der Waals surface area contributed by atoms with E-state index in [-0.39, 0.29) is 12.5 Å². The van der Waals surface area contributed by atoms with Gasteiger partial charge in [0.2, 0.25) is 5.91 Å². The molecule has 0 unspecified atom stereocenters. The number of anilines is 2. The topological polar surface area (TPSA) is 84.7 Å². The van der Waals surface area contributed by atoms with Crippen LogP contribution in [0.4, 0.5) is 11.4 Å². The monoisotopic (exact) mass is 277 g/mol. The SMILES string of the molecule is COC(=O)c1cc(N(C)CC(=O)NC2CC2)ccc1N. The Balaban J connectivity index is 2.06. The highest BCUT2D eigenvalue weighted by Crippen LogP contribution is 2.22. The standard InChI is InChI=1S/C14H19N3O3/c1-17(8-13(18)16-9-3-4-9)10-5-6-12(15)11(7-10)14(19)20-2/h5-7,9H,3-4,8,15H2,1-2H3,(H,16,18). The predicted octanol–water partition coefficient (Wildman–Crippen LogP) is 0.770. The molecule has 1 saturated carbocycles. The number of nitrogen functional groups attached to an aromatic ring is 1. The van der Waals surface area contributed by atoms with Crippen molar-refractivity contribution in [1.82, 2.24) is 5.32 Å². The van der Waals surface area contributed by atoms with Crippen molar-refractivity contribution in [3.63, 3.8) is 0 Å². The first-order chi connectivity index (χ1) is 9.51. The fraction of sp³-hybridized carbons (Fsp3) is 0.429. The Morgan fingerprint density at radius 3 is 2.75 bits per heavy atom. The van der Waals surface area contributed by atoms with Crippen molar-refractivity contribution in [2.24, 2.45) is 0 Å². The fourth-order valence-corrected chi connectivity index (χ4v) is 1.88. The summed E-state index contributed by atoms with van der Waals surface area (Å²) in [5.41, 5.74) is 7.15. The second-order valence-corrected chi connectivity index (χ2v) is 4.96. The molecule has 0 aromatic heterocycles. The van der Waals surface area contributed by atoms with Gasteiger partial charge in [-0.1, -0.05) is 0 Å². The molecule has 6 nitrogen and oxygen atoms in total. The van der Waals surface area contributed by atoms with Crippen molar-refractivity contribution in [2.75, 3.05) is 31.3 Å². The number of rotatable bonds is 5. The lowest BCUT2D eigenvalue weighted by Crippen LogP contribution is -2.36. The number of methoxy groups -OCH3 is 1. The van der Waals surface area contributed by atoms with Crippen LogP contribution in [0.25, 0.3) is 0 Å². The number of nitrogens with two attached hydrogens (primary N) is 1. The van der Waals surface area contributed by atoms with Crippen LogP contribution in [0.2, 0.25) is 0 Å². The van der Waals surface area contributed by atoms with Crippen LogP contribution >= 0.6 is 0 Å². The molecule has 0 bridgehead atoms. The molecule has 1 amide bonds. The van der Waals surface area contributed by atoms with Gasteiger partial charge in [0.1, 0.15) is 0 Å². The Kier molecular flexibility index (Phi) is 4.12. The maximum atomic E-state index is 11.8. The number of ether oxygens (including phenoxy) is 1. The van der Waals surface area contributed by atoms with Gasteiger partial charge in [0.15, 0.2) is 0 Å². The lowest BCUT2D eigenvalue weighted by molar-refractivity contribution is -0.119. The molecule has 0 spiro atoms. The smallest absolute Gasteiger partial charge is 0.340 e. The number of likely N-dealkylation sites (N-methyl/N-ethyl adjacent to an activating group) is 1. The lowest BCUT2D eigenvalue weighted by Gasteiger charge is -2.19. The number of nitrogens with zero attached hydrogens (tertiary/aromatic N) is 1. The summed E-state index contributed by atoms with van der Waals surface area (Å²) >= 11 is 0. The molecule has 3 N–H and O–H groups in total. The van der Waals surface area contributed by atoms with Crippen molar-refractivity contribution in [3.05, 3.63) is 23.8 Å². The van der Waals surface area contributed by atoms with E-state index in [1.54, 1.807) is 30.1 Å². The van der Waals surface area contributed by atoms with E-state index in [1.807, 2.05) is 0 Å². The molecule has 108 valence electrons. The van der Waals surface area contributed by atoms with Gasteiger partial charge in [0, 0.05) is 24.5 Å². The zero-order valence-electron chi connectivity index (χ0n) is 11.7. The minimum absolute atomic E-state index is 0.0218. The highest BCUT2D eigenvalue weighted by atomic mass is 16.5. The van der Waals surface area contributed by atoms with Crippen molar-refractivity contribution in [2.45, 2.75) is 18.9 Å². The van der Waals surface area contributed by atoms with Gasteiger partial charge >= 0.3 is 5.97 Å². The number of esters is 1. The first-order valence-electron chi connectivity index (χ1n) is 6.49. The molecule has 20 heavy (non-hydrogen) atoms. The van der Waals surface area contributed by atoms with Crippen LogP contribution in [-0.2, 0) is 9.53 Å². The molecule has 0 radical (unpaired) electrons. The summed E-state index contributed by atoms with van der Waals surface area (Å²) in [5, 5.41) is 2.92. The number of amides is 1. The van der Waals surface area contributed by atoms with Gasteiger partial charge in [0.05, 0.1) is 19.2 Å². The number of hydrogen-bond acceptors (Lipinski definition) is 5. The second-order valence-electron chi connectivity index (χ2n) is 4.96. The average Bonchev–Trinajstić information content (AvgIpc) is 3.21. The molecule has 1 aliphatic carbocycles. The molecule has 0 aliphatic heterocycles. The summed E-state index contributed by atoms with van der Waals surface area (Å²) in [6, 6.07) is 5.38. The molecule has 6 heteroatoms. The number of nitrogens with one attached hydrogen (secondary N) is 1. The molecule has 0 saturated heterocycles. The third-order valence-corrected chi connectivity index (χ3v) is 3.21. The van der Waals surface area contributed by atoms with E-state index in [1.165, 1.54) is 7.11 Å². The van der Waals surface area contributed by atoms with Crippen molar-refractivity contribution in [3.8, 4) is 0 Å². The van der Waals surface area contributed by atoms with Crippen molar-refractivity contribution in [1.29, 1.82) is 0 Å². The first kappa shape index (κ1) is 14.2. The zero-order chi connectivity index (χ0) is 14.7. The summed E-state index contributed by atoms with van der Waals surface area (Å²) in [6.07, 6.45) is 2.12. The van der Waals surface area contributed by atoms with Crippen LogP contribution in [-0.4, -0.2) is 38.6 Å². The van der Waals surface area contributed by atoms with Crippen LogP contribution in [0.1, 0.15) is 23.2 Å². The first-order valence-corrected chi connectivity index (χ1v) is 6.49. The van der Waals surface area contributed by atoms with Crippen molar-refractivity contribution >= 4 is 23.3 Å². The zero-order valence-corrected chi connectivity index (χ0v) is 11.7. The maximum Gasteiger partial charge on any atom is 0.340 e. The van der Waals surface area contributed by atoms with E-state index in [2.05, 4.69) is 10.1 Å². The molecule has 1 aromatic rings. The van der Waals surface area contributed by atoms with Gasteiger partial charge in [-0.05, 0) is 31.0 Å². The number of benzene rings is 1. The summed E-state index contributed by atoms with van der Waals surface area (Å²) < 4.78 is 4.68. The van der Waals surface area contributed by atoms with E-state index in [0.29, 0.717) is 17.3 Å². The number of hydrogen-bond donors (Lipinski definition) is 2. The average molecular weight is 277 g/mol. The van der Waals surface area contributed by atoms with Crippen LogP contribution in [0.3, 0.4) is 0 Å².